The Morgan fingerprint density at radius 1 is 1.21 bits per heavy atom. The lowest BCUT2D eigenvalue weighted by Crippen LogP contribution is -2.53. The number of nitrogens with zero attached hydrogens (tertiary/aromatic N) is 5. The van der Waals surface area contributed by atoms with Crippen LogP contribution in [0.15, 0.2) is 48.7 Å². The number of halogens is 2. The zero-order chi connectivity index (χ0) is 27.9. The van der Waals surface area contributed by atoms with Crippen LogP contribution >= 0.6 is 34.5 Å². The van der Waals surface area contributed by atoms with Gasteiger partial charge in [0.05, 0.1) is 36.7 Å². The lowest BCUT2D eigenvalue weighted by molar-refractivity contribution is -0.124. The van der Waals surface area contributed by atoms with Crippen LogP contribution in [-0.2, 0) is 16.1 Å². The van der Waals surface area contributed by atoms with E-state index in [1.54, 1.807) is 26.1 Å². The summed E-state index contributed by atoms with van der Waals surface area (Å²) in [4.78, 5) is 49.4. The van der Waals surface area contributed by atoms with Gasteiger partial charge in [-0.05, 0) is 42.8 Å². The average Bonchev–Trinajstić information content (AvgIpc) is 3.58. The highest BCUT2D eigenvalue weighted by Gasteiger charge is 2.64. The summed E-state index contributed by atoms with van der Waals surface area (Å²) in [7, 11) is 1.62. The lowest BCUT2D eigenvalue weighted by atomic mass is 9.80. The first kappa shape index (κ1) is 27.1. The van der Waals surface area contributed by atoms with Crippen LogP contribution in [0.4, 0.5) is 10.5 Å². The number of amides is 3. The second-order valence-electron chi connectivity index (χ2n) is 9.33. The smallest absolute Gasteiger partial charge is 0.349 e. The predicted molar refractivity (Wildman–Crippen MR) is 147 cm³/mol. The maximum atomic E-state index is 14.3. The molecule has 2 aliphatic heterocycles. The van der Waals surface area contributed by atoms with E-state index in [9.17, 15) is 19.6 Å². The second kappa shape index (κ2) is 10.6. The molecule has 0 N–H and O–H groups in total. The van der Waals surface area contributed by atoms with E-state index in [4.69, 9.17) is 27.9 Å². The third kappa shape index (κ3) is 4.76. The molecule has 2 saturated heterocycles. The van der Waals surface area contributed by atoms with Crippen LogP contribution in [0, 0.1) is 11.3 Å². The summed E-state index contributed by atoms with van der Waals surface area (Å²) < 4.78 is 5.07. The molecule has 2 unspecified atom stereocenters. The number of likely N-dealkylation sites (tertiary alicyclic amines) is 1. The first-order valence-corrected chi connectivity index (χ1v) is 13.7. The zero-order valence-electron chi connectivity index (χ0n) is 21.1. The van der Waals surface area contributed by atoms with Gasteiger partial charge in [0.15, 0.2) is 0 Å². The van der Waals surface area contributed by atoms with Crippen LogP contribution in [0.25, 0.3) is 0 Å². The molecule has 200 valence electrons. The Bertz CT molecular complexity index is 1480. The van der Waals surface area contributed by atoms with E-state index < -0.39 is 29.4 Å². The molecular formula is C27H23Cl2N5O4S. The third-order valence-corrected chi connectivity index (χ3v) is 8.47. The number of urea groups is 1. The summed E-state index contributed by atoms with van der Waals surface area (Å²) >= 11 is 13.6. The van der Waals surface area contributed by atoms with Gasteiger partial charge in [0.2, 0.25) is 0 Å². The number of hydrogen-bond acceptors (Lipinski definition) is 8. The van der Waals surface area contributed by atoms with Crippen molar-refractivity contribution in [2.75, 3.05) is 31.6 Å². The Kier molecular flexibility index (Phi) is 7.35. The van der Waals surface area contributed by atoms with Crippen LogP contribution in [0.1, 0.15) is 38.6 Å². The summed E-state index contributed by atoms with van der Waals surface area (Å²) in [6.45, 7) is 3.05. The molecule has 2 aromatic carbocycles. The van der Waals surface area contributed by atoms with Crippen molar-refractivity contribution < 1.29 is 19.1 Å². The molecule has 0 bridgehead atoms. The number of esters is 1. The summed E-state index contributed by atoms with van der Waals surface area (Å²) in [5.41, 5.74) is 0.375. The number of rotatable bonds is 6. The number of likely N-dealkylation sites (N-methyl/N-ethyl adjacent to an activating group) is 1. The number of carbonyl (C=O) groups excluding carboxylic acids is 3. The van der Waals surface area contributed by atoms with Gasteiger partial charge < -0.3 is 9.64 Å². The number of aromatic nitrogens is 1. The Labute approximate surface area is 239 Å². The number of hydrogen-bond donors (Lipinski definition) is 0. The Morgan fingerprint density at radius 3 is 2.54 bits per heavy atom. The van der Waals surface area contributed by atoms with Gasteiger partial charge in [0.1, 0.15) is 15.4 Å². The van der Waals surface area contributed by atoms with Gasteiger partial charge in [-0.15, -0.1) is 11.3 Å². The summed E-state index contributed by atoms with van der Waals surface area (Å²) in [5, 5.41) is 10.6. The van der Waals surface area contributed by atoms with Crippen molar-refractivity contribution in [2.24, 2.45) is 0 Å². The normalized spacial score (nSPS) is 21.2. The highest BCUT2D eigenvalue weighted by Crippen LogP contribution is 2.47. The second-order valence-corrected chi connectivity index (χ2v) is 11.3. The zero-order valence-corrected chi connectivity index (χ0v) is 23.4. The number of imide groups is 1. The van der Waals surface area contributed by atoms with Gasteiger partial charge in [-0.2, -0.15) is 5.26 Å². The molecule has 5 rings (SSSR count). The van der Waals surface area contributed by atoms with Gasteiger partial charge in [-0.1, -0.05) is 35.3 Å². The van der Waals surface area contributed by atoms with E-state index in [1.165, 1.54) is 40.6 Å². The van der Waals surface area contributed by atoms with E-state index in [0.29, 0.717) is 44.3 Å². The minimum Gasteiger partial charge on any atom is -0.462 e. The van der Waals surface area contributed by atoms with Crippen molar-refractivity contribution in [3.05, 3.63) is 79.7 Å². The third-order valence-electron chi connectivity index (χ3n) is 7.07. The fraction of sp³-hybridized carbons (Fsp3) is 0.296. The van der Waals surface area contributed by atoms with Crippen molar-refractivity contribution in [1.29, 1.82) is 5.26 Å². The average molecular weight is 584 g/mol. The summed E-state index contributed by atoms with van der Waals surface area (Å²) in [6.07, 6.45) is 1.49. The van der Waals surface area contributed by atoms with Gasteiger partial charge >= 0.3 is 12.0 Å². The maximum absolute atomic E-state index is 14.3. The number of benzene rings is 2. The van der Waals surface area contributed by atoms with Crippen LogP contribution in [0.5, 0.6) is 0 Å². The summed E-state index contributed by atoms with van der Waals surface area (Å²) in [6, 6.07) is 13.3. The molecule has 3 heterocycles. The lowest BCUT2D eigenvalue weighted by Gasteiger charge is -2.34. The fourth-order valence-electron chi connectivity index (χ4n) is 5.28. The highest BCUT2D eigenvalue weighted by atomic mass is 35.5. The topological polar surface area (TPSA) is 107 Å². The quantitative estimate of drug-likeness (QED) is 0.299. The van der Waals surface area contributed by atoms with Crippen molar-refractivity contribution in [3.63, 3.8) is 0 Å². The first-order valence-electron chi connectivity index (χ1n) is 12.1. The Hall–Kier alpha value is -3.49. The van der Waals surface area contributed by atoms with E-state index >= 15 is 0 Å². The minimum atomic E-state index is -1.23. The molecule has 0 saturated carbocycles. The van der Waals surface area contributed by atoms with E-state index in [1.807, 2.05) is 17.0 Å². The van der Waals surface area contributed by atoms with Gasteiger partial charge in [-0.3, -0.25) is 9.69 Å². The number of nitriles is 1. The van der Waals surface area contributed by atoms with Crippen molar-refractivity contribution >= 4 is 58.1 Å². The van der Waals surface area contributed by atoms with Crippen molar-refractivity contribution in [1.82, 2.24) is 14.8 Å². The van der Waals surface area contributed by atoms with Crippen molar-refractivity contribution in [2.45, 2.75) is 24.9 Å². The Balaban J connectivity index is 1.52. The highest BCUT2D eigenvalue weighted by molar-refractivity contribution is 7.13. The Morgan fingerprint density at radius 2 is 1.90 bits per heavy atom. The summed E-state index contributed by atoms with van der Waals surface area (Å²) in [5.74, 6) is -1.23. The molecule has 0 radical (unpaired) electrons. The van der Waals surface area contributed by atoms with Gasteiger partial charge in [-0.25, -0.2) is 19.5 Å². The van der Waals surface area contributed by atoms with Crippen LogP contribution < -0.4 is 4.90 Å². The van der Waals surface area contributed by atoms with Crippen molar-refractivity contribution in [3.8, 4) is 6.07 Å². The largest absolute Gasteiger partial charge is 0.462 e. The molecule has 2 fully saturated rings. The van der Waals surface area contributed by atoms with E-state index in [-0.39, 0.29) is 13.2 Å². The molecule has 39 heavy (non-hydrogen) atoms. The standard InChI is InChI=1S/C27H23Cl2N5O4S/c1-3-38-24(35)22-12-31-23(39-22)14-33-13-21(17-6-4-16(11-30)5-7-17)27(15-33)25(36)34(26(37)32(27)2)20-9-18(28)8-19(29)10-20/h4-10,12,21H,3,13-15H2,1-2H3. The van der Waals surface area contributed by atoms with Crippen LogP contribution in [-0.4, -0.2) is 65.0 Å². The number of ether oxygens (including phenoxy) is 1. The van der Waals surface area contributed by atoms with Gasteiger partial charge in [0, 0.05) is 36.1 Å². The molecule has 0 aliphatic carbocycles. The molecular weight excluding hydrogens is 561 g/mol. The van der Waals surface area contributed by atoms with Crippen LogP contribution in [0.3, 0.4) is 0 Å². The molecule has 1 aromatic heterocycles. The minimum absolute atomic E-state index is 0.234. The number of thiazole rings is 1. The SMILES string of the molecule is CCOC(=O)c1cnc(CN2CC(c3ccc(C#N)cc3)C3(C2)C(=O)N(c2cc(Cl)cc(Cl)c2)C(=O)N3C)s1. The molecule has 1 spiro atoms. The number of anilines is 1. The van der Waals surface area contributed by atoms with Gasteiger partial charge in [0.25, 0.3) is 5.91 Å². The molecule has 3 aromatic rings. The predicted octanol–water partition coefficient (Wildman–Crippen LogP) is 4.94. The van der Waals surface area contributed by atoms with E-state index in [2.05, 4.69) is 11.1 Å². The maximum Gasteiger partial charge on any atom is 0.349 e. The van der Waals surface area contributed by atoms with E-state index in [0.717, 1.165) is 10.5 Å². The van der Waals surface area contributed by atoms with Crippen LogP contribution in [0.2, 0.25) is 10.0 Å². The molecule has 3 amide bonds. The molecule has 2 atom stereocenters. The monoisotopic (exact) mass is 583 g/mol. The number of carbonyl (C=O) groups is 3. The molecule has 9 nitrogen and oxygen atoms in total. The fourth-order valence-corrected chi connectivity index (χ4v) is 6.65. The molecule has 2 aliphatic rings. The first-order chi connectivity index (χ1) is 18.7. The molecule has 12 heteroatoms.